The summed E-state index contributed by atoms with van der Waals surface area (Å²) in [5, 5.41) is 7.81. The molecule has 0 unspecified atom stereocenters. The highest BCUT2D eigenvalue weighted by Crippen LogP contribution is 2.48. The molecule has 1 aromatic heterocycles. The fourth-order valence-electron chi connectivity index (χ4n) is 1.73. The molecular formula is C10H15N3S. The van der Waals surface area contributed by atoms with Gasteiger partial charge in [0.15, 0.2) is 0 Å². The summed E-state index contributed by atoms with van der Waals surface area (Å²) >= 11 is 1.56. The minimum absolute atomic E-state index is 0.369. The van der Waals surface area contributed by atoms with Gasteiger partial charge in [-0.15, -0.1) is 5.10 Å². The number of nitrogens with zero attached hydrogens (tertiary/aromatic N) is 2. The van der Waals surface area contributed by atoms with Crippen molar-refractivity contribution in [3.05, 3.63) is 10.6 Å². The molecule has 3 nitrogen and oxygen atoms in total. The zero-order valence-electron chi connectivity index (χ0n) is 8.42. The molecule has 0 aliphatic heterocycles. The molecule has 1 heterocycles. The molecule has 0 saturated heterocycles. The molecule has 4 heteroatoms. The highest BCUT2D eigenvalue weighted by Gasteiger charge is 2.43. The van der Waals surface area contributed by atoms with E-state index in [1.54, 1.807) is 11.5 Å². The molecule has 0 radical (unpaired) electrons. The van der Waals surface area contributed by atoms with Crippen LogP contribution in [0.5, 0.6) is 0 Å². The van der Waals surface area contributed by atoms with Crippen molar-refractivity contribution in [1.29, 1.82) is 0 Å². The first-order valence-corrected chi connectivity index (χ1v) is 6.10. The maximum atomic E-state index is 4.28. The second kappa shape index (κ2) is 3.00. The van der Waals surface area contributed by atoms with Crippen LogP contribution >= 0.6 is 11.5 Å². The van der Waals surface area contributed by atoms with Crippen molar-refractivity contribution in [1.82, 2.24) is 14.9 Å². The van der Waals surface area contributed by atoms with Gasteiger partial charge in [-0.2, -0.15) is 0 Å². The van der Waals surface area contributed by atoms with E-state index in [0.717, 1.165) is 12.6 Å². The van der Waals surface area contributed by atoms with Crippen molar-refractivity contribution in [3.8, 4) is 0 Å². The van der Waals surface area contributed by atoms with E-state index in [1.807, 2.05) is 0 Å². The Kier molecular flexibility index (Phi) is 1.89. The number of hydrogen-bond donors (Lipinski definition) is 1. The third-order valence-corrected chi connectivity index (χ3v) is 3.98. The largest absolute Gasteiger partial charge is 0.309 e. The lowest BCUT2D eigenvalue weighted by atomic mass is 10.0. The van der Waals surface area contributed by atoms with Crippen LogP contribution in [0, 0.1) is 0 Å². The van der Waals surface area contributed by atoms with Crippen molar-refractivity contribution in [3.63, 3.8) is 0 Å². The zero-order chi connectivity index (χ0) is 9.60. The third-order valence-electron chi connectivity index (χ3n) is 3.26. The van der Waals surface area contributed by atoms with Crippen molar-refractivity contribution in [2.45, 2.75) is 50.6 Å². The molecule has 0 aromatic carbocycles. The Morgan fingerprint density at radius 1 is 1.50 bits per heavy atom. The van der Waals surface area contributed by atoms with Gasteiger partial charge in [-0.25, -0.2) is 0 Å². The Morgan fingerprint density at radius 3 is 2.93 bits per heavy atom. The van der Waals surface area contributed by atoms with Gasteiger partial charge >= 0.3 is 0 Å². The van der Waals surface area contributed by atoms with E-state index in [-0.39, 0.29) is 0 Å². The number of aromatic nitrogens is 2. The first-order chi connectivity index (χ1) is 6.78. The molecule has 3 rings (SSSR count). The minimum atomic E-state index is 0.369. The predicted octanol–water partition coefficient (Wildman–Crippen LogP) is 1.84. The highest BCUT2D eigenvalue weighted by molar-refractivity contribution is 7.05. The molecule has 2 aliphatic rings. The van der Waals surface area contributed by atoms with E-state index >= 15 is 0 Å². The van der Waals surface area contributed by atoms with Crippen LogP contribution in [0.4, 0.5) is 0 Å². The van der Waals surface area contributed by atoms with Crippen LogP contribution in [-0.4, -0.2) is 15.6 Å². The van der Waals surface area contributed by atoms with Gasteiger partial charge in [0, 0.05) is 18.0 Å². The molecule has 2 saturated carbocycles. The molecule has 0 spiro atoms. The van der Waals surface area contributed by atoms with Gasteiger partial charge in [-0.1, -0.05) is 11.4 Å². The standard InChI is InChI=1S/C10H15N3S/c1-10(4-5-10)9-8(14-13-12-9)6-11-7-2-3-7/h7,11H,2-6H2,1H3. The molecule has 2 aliphatic carbocycles. The normalized spacial score (nSPS) is 23.8. The average molecular weight is 209 g/mol. The molecule has 0 bridgehead atoms. The maximum absolute atomic E-state index is 4.28. The molecule has 0 atom stereocenters. The Hall–Kier alpha value is -0.480. The lowest BCUT2D eigenvalue weighted by Crippen LogP contribution is -2.17. The van der Waals surface area contributed by atoms with Crippen molar-refractivity contribution in [2.75, 3.05) is 0 Å². The van der Waals surface area contributed by atoms with E-state index in [2.05, 4.69) is 21.8 Å². The Balaban J connectivity index is 1.72. The first-order valence-electron chi connectivity index (χ1n) is 5.33. The van der Waals surface area contributed by atoms with E-state index in [9.17, 15) is 0 Å². The van der Waals surface area contributed by atoms with Crippen LogP contribution < -0.4 is 5.32 Å². The van der Waals surface area contributed by atoms with E-state index in [1.165, 1.54) is 36.3 Å². The number of nitrogens with one attached hydrogen (secondary N) is 1. The van der Waals surface area contributed by atoms with Crippen LogP contribution in [0.1, 0.15) is 43.2 Å². The molecule has 1 N–H and O–H groups in total. The summed E-state index contributed by atoms with van der Waals surface area (Å²) in [6.45, 7) is 3.28. The summed E-state index contributed by atoms with van der Waals surface area (Å²) in [4.78, 5) is 1.36. The monoisotopic (exact) mass is 209 g/mol. The summed E-state index contributed by atoms with van der Waals surface area (Å²) < 4.78 is 4.08. The average Bonchev–Trinajstić information content (AvgIpc) is 3.08. The Bertz CT molecular complexity index is 339. The lowest BCUT2D eigenvalue weighted by Gasteiger charge is -2.06. The molecule has 0 amide bonds. The van der Waals surface area contributed by atoms with Crippen molar-refractivity contribution in [2.24, 2.45) is 0 Å². The summed E-state index contributed by atoms with van der Waals surface area (Å²) in [6.07, 6.45) is 5.27. The molecule has 1 aromatic rings. The van der Waals surface area contributed by atoms with E-state index in [4.69, 9.17) is 0 Å². The van der Waals surface area contributed by atoms with E-state index < -0.39 is 0 Å². The first kappa shape index (κ1) is 8.80. The second-order valence-corrected chi connectivity index (χ2v) is 5.60. The van der Waals surface area contributed by atoms with Crippen LogP contribution in [-0.2, 0) is 12.0 Å². The number of rotatable bonds is 4. The van der Waals surface area contributed by atoms with Crippen molar-refractivity contribution >= 4 is 11.5 Å². The number of hydrogen-bond acceptors (Lipinski definition) is 4. The van der Waals surface area contributed by atoms with Crippen LogP contribution in [0.25, 0.3) is 0 Å². The van der Waals surface area contributed by atoms with Gasteiger partial charge in [0.05, 0.1) is 10.6 Å². The molecule has 76 valence electrons. The van der Waals surface area contributed by atoms with Gasteiger partial charge in [-0.3, -0.25) is 0 Å². The van der Waals surface area contributed by atoms with Gasteiger partial charge in [0.1, 0.15) is 0 Å². The van der Waals surface area contributed by atoms with Gasteiger partial charge in [-0.05, 0) is 37.2 Å². The SMILES string of the molecule is CC1(c2nnsc2CNC2CC2)CC1. The summed E-state index contributed by atoms with van der Waals surface area (Å²) in [5.41, 5.74) is 1.63. The zero-order valence-corrected chi connectivity index (χ0v) is 9.23. The van der Waals surface area contributed by atoms with Gasteiger partial charge in [0.2, 0.25) is 0 Å². The Morgan fingerprint density at radius 2 is 2.29 bits per heavy atom. The summed E-state index contributed by atoms with van der Waals surface area (Å²) in [7, 11) is 0. The van der Waals surface area contributed by atoms with Crippen molar-refractivity contribution < 1.29 is 0 Å². The molecular weight excluding hydrogens is 194 g/mol. The van der Waals surface area contributed by atoms with Gasteiger partial charge in [0.25, 0.3) is 0 Å². The third kappa shape index (κ3) is 1.57. The second-order valence-electron chi connectivity index (χ2n) is 4.76. The highest BCUT2D eigenvalue weighted by atomic mass is 32.1. The molecule has 2 fully saturated rings. The Labute approximate surface area is 88.1 Å². The fourth-order valence-corrected chi connectivity index (χ4v) is 2.47. The quantitative estimate of drug-likeness (QED) is 0.822. The topological polar surface area (TPSA) is 37.8 Å². The van der Waals surface area contributed by atoms with Crippen LogP contribution in [0.3, 0.4) is 0 Å². The predicted molar refractivity (Wildman–Crippen MR) is 56.4 cm³/mol. The fraction of sp³-hybridized carbons (Fsp3) is 0.800. The summed E-state index contributed by atoms with van der Waals surface area (Å²) in [5.74, 6) is 0. The van der Waals surface area contributed by atoms with E-state index in [0.29, 0.717) is 5.41 Å². The molecule has 14 heavy (non-hydrogen) atoms. The van der Waals surface area contributed by atoms with Crippen LogP contribution in [0.15, 0.2) is 0 Å². The maximum Gasteiger partial charge on any atom is 0.0859 e. The van der Waals surface area contributed by atoms with Crippen LogP contribution in [0.2, 0.25) is 0 Å². The smallest absolute Gasteiger partial charge is 0.0859 e. The van der Waals surface area contributed by atoms with Gasteiger partial charge < -0.3 is 5.32 Å². The lowest BCUT2D eigenvalue weighted by molar-refractivity contribution is 0.666. The summed E-state index contributed by atoms with van der Waals surface area (Å²) in [6, 6.07) is 0.775. The minimum Gasteiger partial charge on any atom is -0.309 e.